The van der Waals surface area contributed by atoms with Crippen LogP contribution in [0.1, 0.15) is 27.7 Å². The summed E-state index contributed by atoms with van der Waals surface area (Å²) < 4.78 is 48.2. The molecule has 14 heteroatoms. The van der Waals surface area contributed by atoms with E-state index in [1.165, 1.54) is 36.4 Å². The van der Waals surface area contributed by atoms with Crippen LogP contribution in [0.4, 0.5) is 18.9 Å². The van der Waals surface area contributed by atoms with E-state index in [1.54, 1.807) is 6.07 Å². The van der Waals surface area contributed by atoms with Crippen LogP contribution in [0, 0.1) is 0 Å². The summed E-state index contributed by atoms with van der Waals surface area (Å²) in [6.07, 6.45) is -6.26. The van der Waals surface area contributed by atoms with Gasteiger partial charge in [0.1, 0.15) is 18.1 Å². The molecule has 3 aromatic carbocycles. The Morgan fingerprint density at radius 1 is 1.03 bits per heavy atom. The summed E-state index contributed by atoms with van der Waals surface area (Å²) in [5.41, 5.74) is 0.656. The third kappa shape index (κ3) is 7.07. The second-order valence-corrected chi connectivity index (χ2v) is 10.6. The standard InChI is InChI=1S/C22H13Br4ClF3NO5/c23-16-14(15(21(33)34)17(24)19(26)18(16)25)20(32)31-10-4-5-13(12(27)7-10)35-8-9-2-1-3-11(6-9)36-22(28,29)30/h1-7,20,31-32H,8H2,(H,33,34). The predicted molar refractivity (Wildman–Crippen MR) is 142 cm³/mol. The lowest BCUT2D eigenvalue weighted by atomic mass is 10.1. The van der Waals surface area contributed by atoms with Crippen LogP contribution in [0.15, 0.2) is 60.4 Å². The molecule has 0 amide bonds. The Balaban J connectivity index is 1.77. The van der Waals surface area contributed by atoms with E-state index in [1.807, 2.05) is 0 Å². The maximum atomic E-state index is 12.4. The number of hydrogen-bond acceptors (Lipinski definition) is 5. The molecule has 0 fully saturated rings. The summed E-state index contributed by atoms with van der Waals surface area (Å²) in [6.45, 7) is -0.0833. The number of aromatic carboxylic acids is 1. The zero-order valence-corrected chi connectivity index (χ0v) is 24.6. The van der Waals surface area contributed by atoms with Gasteiger partial charge < -0.3 is 25.0 Å². The Labute approximate surface area is 241 Å². The average molecular weight is 783 g/mol. The topological polar surface area (TPSA) is 88.0 Å². The van der Waals surface area contributed by atoms with Crippen LogP contribution in [0.3, 0.4) is 0 Å². The number of ether oxygens (including phenoxy) is 2. The van der Waals surface area contributed by atoms with Crippen molar-refractivity contribution in [1.82, 2.24) is 0 Å². The second kappa shape index (κ2) is 11.9. The van der Waals surface area contributed by atoms with Crippen LogP contribution >= 0.6 is 75.3 Å². The van der Waals surface area contributed by atoms with E-state index in [-0.39, 0.29) is 38.7 Å². The lowest BCUT2D eigenvalue weighted by Crippen LogP contribution is -2.17. The minimum atomic E-state index is -4.81. The molecular formula is C22H13Br4ClF3NO5. The minimum Gasteiger partial charge on any atom is -0.487 e. The summed E-state index contributed by atoms with van der Waals surface area (Å²) in [7, 11) is 0. The molecule has 0 saturated heterocycles. The highest BCUT2D eigenvalue weighted by atomic mass is 79.9. The molecule has 0 saturated carbocycles. The first-order valence-electron chi connectivity index (χ1n) is 9.59. The van der Waals surface area contributed by atoms with Crippen LogP contribution in [0.25, 0.3) is 0 Å². The summed E-state index contributed by atoms with van der Waals surface area (Å²) in [4.78, 5) is 11.9. The fourth-order valence-electron chi connectivity index (χ4n) is 3.05. The first-order chi connectivity index (χ1) is 16.8. The molecule has 0 bridgehead atoms. The Bertz CT molecular complexity index is 1310. The minimum absolute atomic E-state index is 0.0573. The fourth-order valence-corrected chi connectivity index (χ4v) is 5.82. The number of carboxylic acid groups (broad SMARTS) is 1. The molecule has 6 nitrogen and oxygen atoms in total. The van der Waals surface area contributed by atoms with Crippen LogP contribution in [0.2, 0.25) is 5.02 Å². The summed E-state index contributed by atoms with van der Waals surface area (Å²) in [5, 5.41) is 23.4. The van der Waals surface area contributed by atoms with Gasteiger partial charge in [-0.15, -0.1) is 13.2 Å². The fraction of sp³-hybridized carbons (Fsp3) is 0.136. The van der Waals surface area contributed by atoms with Gasteiger partial charge in [-0.1, -0.05) is 23.7 Å². The van der Waals surface area contributed by atoms with Gasteiger partial charge in [0.15, 0.2) is 6.23 Å². The number of alkyl halides is 3. The summed E-state index contributed by atoms with van der Waals surface area (Å²) in [6, 6.07) is 9.81. The van der Waals surface area contributed by atoms with Crippen molar-refractivity contribution in [2.75, 3.05) is 5.32 Å². The highest BCUT2D eigenvalue weighted by molar-refractivity contribution is 9.15. The maximum Gasteiger partial charge on any atom is 0.573 e. The van der Waals surface area contributed by atoms with Crippen LogP contribution in [-0.2, 0) is 6.61 Å². The molecule has 3 N–H and O–H groups in total. The maximum absolute atomic E-state index is 12.4. The third-order valence-corrected chi connectivity index (χ3v) is 9.65. The van der Waals surface area contributed by atoms with Gasteiger partial charge in [-0.2, -0.15) is 0 Å². The van der Waals surface area contributed by atoms with Gasteiger partial charge in [0.2, 0.25) is 0 Å². The molecule has 36 heavy (non-hydrogen) atoms. The van der Waals surface area contributed by atoms with E-state index in [2.05, 4.69) is 73.8 Å². The first kappa shape index (κ1) is 29.1. The number of benzene rings is 3. The molecule has 0 spiro atoms. The second-order valence-electron chi connectivity index (χ2n) is 7.03. The highest BCUT2D eigenvalue weighted by Crippen LogP contribution is 2.44. The number of anilines is 1. The van der Waals surface area contributed by atoms with Gasteiger partial charge in [-0.25, -0.2) is 4.79 Å². The zero-order chi connectivity index (χ0) is 26.8. The van der Waals surface area contributed by atoms with Gasteiger partial charge >= 0.3 is 12.3 Å². The molecule has 192 valence electrons. The van der Waals surface area contributed by atoms with Crippen molar-refractivity contribution < 1.29 is 37.7 Å². The number of carboxylic acids is 1. The first-order valence-corrected chi connectivity index (χ1v) is 13.1. The van der Waals surface area contributed by atoms with Crippen molar-refractivity contribution in [2.45, 2.75) is 19.2 Å². The predicted octanol–water partition coefficient (Wildman–Crippen LogP) is 8.67. The van der Waals surface area contributed by atoms with Crippen molar-refractivity contribution >= 4 is 87.0 Å². The van der Waals surface area contributed by atoms with Crippen molar-refractivity contribution in [3.63, 3.8) is 0 Å². The van der Waals surface area contributed by atoms with E-state index < -0.39 is 18.6 Å². The number of carbonyl (C=O) groups is 1. The quantitative estimate of drug-likeness (QED) is 0.121. The molecule has 0 aromatic heterocycles. The monoisotopic (exact) mass is 779 g/mol. The third-order valence-electron chi connectivity index (χ3n) is 4.55. The Morgan fingerprint density at radius 3 is 2.31 bits per heavy atom. The largest absolute Gasteiger partial charge is 0.573 e. The Morgan fingerprint density at radius 2 is 1.69 bits per heavy atom. The smallest absolute Gasteiger partial charge is 0.487 e. The Kier molecular flexibility index (Phi) is 9.61. The molecule has 1 unspecified atom stereocenters. The van der Waals surface area contributed by atoms with Crippen molar-refractivity contribution in [1.29, 1.82) is 0 Å². The number of aliphatic hydroxyl groups excluding tert-OH is 1. The highest BCUT2D eigenvalue weighted by Gasteiger charge is 2.31. The van der Waals surface area contributed by atoms with E-state index >= 15 is 0 Å². The molecule has 0 radical (unpaired) electrons. The summed E-state index contributed by atoms with van der Waals surface area (Å²) >= 11 is 19.4. The average Bonchev–Trinajstić information content (AvgIpc) is 2.78. The van der Waals surface area contributed by atoms with Crippen LogP contribution < -0.4 is 14.8 Å². The van der Waals surface area contributed by atoms with E-state index in [0.29, 0.717) is 24.7 Å². The van der Waals surface area contributed by atoms with Gasteiger partial charge in [0, 0.05) is 29.1 Å². The van der Waals surface area contributed by atoms with Crippen molar-refractivity contribution in [2.24, 2.45) is 0 Å². The van der Waals surface area contributed by atoms with Crippen molar-refractivity contribution in [3.05, 3.63) is 82.1 Å². The normalized spacial score (nSPS) is 12.2. The number of nitrogens with one attached hydrogen (secondary N) is 1. The van der Waals surface area contributed by atoms with E-state index in [4.69, 9.17) is 16.3 Å². The Hall–Kier alpha value is -1.51. The number of halogens is 8. The van der Waals surface area contributed by atoms with Crippen LogP contribution in [-0.4, -0.2) is 22.5 Å². The number of hydrogen-bond donors (Lipinski definition) is 3. The molecule has 0 aliphatic carbocycles. The molecule has 0 heterocycles. The number of aliphatic hydroxyl groups is 1. The van der Waals surface area contributed by atoms with Crippen LogP contribution in [0.5, 0.6) is 11.5 Å². The van der Waals surface area contributed by atoms with Gasteiger partial charge in [-0.3, -0.25) is 0 Å². The zero-order valence-electron chi connectivity index (χ0n) is 17.5. The lowest BCUT2D eigenvalue weighted by molar-refractivity contribution is -0.274. The molecule has 0 aliphatic heterocycles. The molecule has 0 aliphatic rings. The molecule has 1 atom stereocenters. The summed E-state index contributed by atoms with van der Waals surface area (Å²) in [5.74, 6) is -1.40. The van der Waals surface area contributed by atoms with Crippen molar-refractivity contribution in [3.8, 4) is 11.5 Å². The van der Waals surface area contributed by atoms with E-state index in [0.717, 1.165) is 0 Å². The van der Waals surface area contributed by atoms with E-state index in [9.17, 15) is 28.2 Å². The number of rotatable bonds is 8. The molecular weight excluding hydrogens is 770 g/mol. The SMILES string of the molecule is O=C(O)c1c(Br)c(Br)c(Br)c(Br)c1C(O)Nc1ccc(OCc2cccc(OC(F)(F)F)c2)c(Cl)c1. The van der Waals surface area contributed by atoms with Gasteiger partial charge in [0.05, 0.1) is 10.6 Å². The van der Waals surface area contributed by atoms with Gasteiger partial charge in [-0.05, 0) is 99.6 Å². The molecule has 3 aromatic rings. The van der Waals surface area contributed by atoms with Gasteiger partial charge in [0.25, 0.3) is 0 Å². The molecule has 3 rings (SSSR count). The lowest BCUT2D eigenvalue weighted by Gasteiger charge is -2.21.